The molecular formula is C15H23Br2N. The van der Waals surface area contributed by atoms with E-state index < -0.39 is 0 Å². The van der Waals surface area contributed by atoms with Crippen LogP contribution >= 0.6 is 31.9 Å². The number of hydrogen-bond acceptors (Lipinski definition) is 1. The fourth-order valence-corrected chi connectivity index (χ4v) is 2.97. The fourth-order valence-electron chi connectivity index (χ4n) is 1.58. The summed E-state index contributed by atoms with van der Waals surface area (Å²) in [6.07, 6.45) is 0. The summed E-state index contributed by atoms with van der Waals surface area (Å²) in [4.78, 5) is 0. The zero-order chi connectivity index (χ0) is 13.9. The Bertz CT molecular complexity index is 399. The smallest absolute Gasteiger partial charge is 0.0303 e. The van der Waals surface area contributed by atoms with Gasteiger partial charge in [-0.2, -0.15) is 0 Å². The molecule has 1 aromatic rings. The highest BCUT2D eigenvalue weighted by atomic mass is 79.9. The second kappa shape index (κ2) is 6.53. The molecule has 1 nitrogen and oxygen atoms in total. The maximum absolute atomic E-state index is 3.64. The summed E-state index contributed by atoms with van der Waals surface area (Å²) in [6.45, 7) is 12.4. The lowest BCUT2D eigenvalue weighted by atomic mass is 9.81. The molecule has 0 amide bonds. The SMILES string of the molecule is CC(NCC(C)(C)C(C)C)c1ccc(Br)cc1Br. The molecule has 0 aromatic heterocycles. The van der Waals surface area contributed by atoms with E-state index in [1.54, 1.807) is 0 Å². The Hall–Kier alpha value is 0.140. The van der Waals surface area contributed by atoms with Crippen LogP contribution in [0, 0.1) is 11.3 Å². The van der Waals surface area contributed by atoms with E-state index in [1.165, 1.54) is 5.56 Å². The molecule has 0 saturated carbocycles. The van der Waals surface area contributed by atoms with E-state index in [2.05, 4.69) is 90.0 Å². The van der Waals surface area contributed by atoms with E-state index in [-0.39, 0.29) is 0 Å². The van der Waals surface area contributed by atoms with E-state index in [0.717, 1.165) is 15.5 Å². The summed E-state index contributed by atoms with van der Waals surface area (Å²) in [5.74, 6) is 0.672. The number of halogens is 2. The Labute approximate surface area is 128 Å². The Morgan fingerprint density at radius 2 is 1.78 bits per heavy atom. The molecule has 1 N–H and O–H groups in total. The van der Waals surface area contributed by atoms with Crippen LogP contribution in [0.25, 0.3) is 0 Å². The summed E-state index contributed by atoms with van der Waals surface area (Å²) in [6, 6.07) is 6.70. The van der Waals surface area contributed by atoms with Crippen molar-refractivity contribution in [2.45, 2.75) is 40.7 Å². The average Bonchev–Trinajstić information content (AvgIpc) is 2.25. The first-order valence-electron chi connectivity index (χ1n) is 6.42. The summed E-state index contributed by atoms with van der Waals surface area (Å²) >= 11 is 7.11. The highest BCUT2D eigenvalue weighted by Crippen LogP contribution is 2.29. The predicted octanol–water partition coefficient (Wildman–Crippen LogP) is 5.54. The van der Waals surface area contributed by atoms with Gasteiger partial charge in [0, 0.05) is 21.5 Å². The van der Waals surface area contributed by atoms with Crippen LogP contribution in [-0.2, 0) is 0 Å². The van der Waals surface area contributed by atoms with Gasteiger partial charge in [-0.05, 0) is 36.0 Å². The lowest BCUT2D eigenvalue weighted by Crippen LogP contribution is -2.34. The molecule has 102 valence electrons. The molecule has 1 aromatic carbocycles. The van der Waals surface area contributed by atoms with E-state index in [4.69, 9.17) is 0 Å². The van der Waals surface area contributed by atoms with Gasteiger partial charge in [-0.25, -0.2) is 0 Å². The van der Waals surface area contributed by atoms with Gasteiger partial charge in [-0.1, -0.05) is 65.6 Å². The largest absolute Gasteiger partial charge is 0.310 e. The van der Waals surface area contributed by atoms with Crippen LogP contribution in [0.2, 0.25) is 0 Å². The highest BCUT2D eigenvalue weighted by molar-refractivity contribution is 9.11. The molecular weight excluding hydrogens is 354 g/mol. The first-order valence-corrected chi connectivity index (χ1v) is 8.01. The maximum Gasteiger partial charge on any atom is 0.0303 e. The molecule has 1 rings (SSSR count). The molecule has 0 bridgehead atoms. The Morgan fingerprint density at radius 1 is 1.17 bits per heavy atom. The first kappa shape index (κ1) is 16.2. The van der Waals surface area contributed by atoms with Crippen LogP contribution in [0.1, 0.15) is 46.2 Å². The van der Waals surface area contributed by atoms with E-state index >= 15 is 0 Å². The van der Waals surface area contributed by atoms with Crippen LogP contribution in [0.3, 0.4) is 0 Å². The molecule has 0 aliphatic heterocycles. The molecule has 0 fully saturated rings. The maximum atomic E-state index is 3.64. The molecule has 1 unspecified atom stereocenters. The molecule has 0 saturated heterocycles. The number of nitrogens with one attached hydrogen (secondary N) is 1. The first-order chi connectivity index (χ1) is 8.24. The van der Waals surface area contributed by atoms with E-state index in [1.807, 2.05) is 0 Å². The summed E-state index contributed by atoms with van der Waals surface area (Å²) in [7, 11) is 0. The van der Waals surface area contributed by atoms with Gasteiger partial charge in [0.25, 0.3) is 0 Å². The van der Waals surface area contributed by atoms with Crippen molar-refractivity contribution in [3.8, 4) is 0 Å². The van der Waals surface area contributed by atoms with Gasteiger partial charge >= 0.3 is 0 Å². The van der Waals surface area contributed by atoms with Gasteiger partial charge in [0.1, 0.15) is 0 Å². The molecule has 0 spiro atoms. The van der Waals surface area contributed by atoms with Gasteiger partial charge in [-0.15, -0.1) is 0 Å². The van der Waals surface area contributed by atoms with Gasteiger partial charge in [0.15, 0.2) is 0 Å². The minimum absolute atomic E-state index is 0.316. The number of hydrogen-bond donors (Lipinski definition) is 1. The van der Waals surface area contributed by atoms with Crippen molar-refractivity contribution < 1.29 is 0 Å². The molecule has 0 radical (unpaired) electrons. The lowest BCUT2D eigenvalue weighted by Gasteiger charge is -2.31. The Balaban J connectivity index is 2.69. The van der Waals surface area contributed by atoms with Gasteiger partial charge in [0.05, 0.1) is 0 Å². The van der Waals surface area contributed by atoms with Crippen LogP contribution < -0.4 is 5.32 Å². The zero-order valence-corrected chi connectivity index (χ0v) is 15.0. The predicted molar refractivity (Wildman–Crippen MR) is 86.9 cm³/mol. The summed E-state index contributed by atoms with van der Waals surface area (Å²) in [5.41, 5.74) is 1.62. The van der Waals surface area contributed by atoms with E-state index in [9.17, 15) is 0 Å². The van der Waals surface area contributed by atoms with E-state index in [0.29, 0.717) is 17.4 Å². The van der Waals surface area contributed by atoms with Crippen molar-refractivity contribution in [2.75, 3.05) is 6.54 Å². The van der Waals surface area contributed by atoms with Gasteiger partial charge < -0.3 is 5.32 Å². The quantitative estimate of drug-likeness (QED) is 0.710. The third-order valence-corrected chi connectivity index (χ3v) is 5.04. The second-order valence-electron chi connectivity index (χ2n) is 5.91. The van der Waals surface area contributed by atoms with Crippen molar-refractivity contribution >= 4 is 31.9 Å². The normalized spacial score (nSPS) is 14.0. The van der Waals surface area contributed by atoms with Crippen LogP contribution in [0.5, 0.6) is 0 Å². The minimum Gasteiger partial charge on any atom is -0.310 e. The third kappa shape index (κ3) is 4.36. The molecule has 18 heavy (non-hydrogen) atoms. The van der Waals surface area contributed by atoms with Gasteiger partial charge in [0.2, 0.25) is 0 Å². The van der Waals surface area contributed by atoms with Crippen molar-refractivity contribution in [1.29, 1.82) is 0 Å². The van der Waals surface area contributed by atoms with Crippen LogP contribution in [0.4, 0.5) is 0 Å². The van der Waals surface area contributed by atoms with Crippen molar-refractivity contribution in [3.63, 3.8) is 0 Å². The topological polar surface area (TPSA) is 12.0 Å². The summed E-state index contributed by atoms with van der Waals surface area (Å²) < 4.78 is 2.26. The average molecular weight is 377 g/mol. The van der Waals surface area contributed by atoms with Crippen molar-refractivity contribution in [3.05, 3.63) is 32.7 Å². The van der Waals surface area contributed by atoms with Crippen LogP contribution in [-0.4, -0.2) is 6.54 Å². The number of benzene rings is 1. The van der Waals surface area contributed by atoms with Crippen molar-refractivity contribution in [2.24, 2.45) is 11.3 Å². The highest BCUT2D eigenvalue weighted by Gasteiger charge is 2.23. The third-order valence-electron chi connectivity index (χ3n) is 3.86. The fraction of sp³-hybridized carbons (Fsp3) is 0.600. The Kier molecular flexibility index (Phi) is 5.88. The second-order valence-corrected chi connectivity index (χ2v) is 7.68. The Morgan fingerprint density at radius 3 is 2.28 bits per heavy atom. The zero-order valence-electron chi connectivity index (χ0n) is 11.8. The molecule has 0 heterocycles. The standard InChI is InChI=1S/C15H23Br2N/c1-10(2)15(4,5)9-18-11(3)13-7-6-12(16)8-14(13)17/h6-8,10-11,18H,9H2,1-5H3. The van der Waals surface area contributed by atoms with Gasteiger partial charge in [-0.3, -0.25) is 0 Å². The summed E-state index contributed by atoms with van der Waals surface area (Å²) in [5, 5.41) is 3.64. The molecule has 1 atom stereocenters. The lowest BCUT2D eigenvalue weighted by molar-refractivity contribution is 0.230. The minimum atomic E-state index is 0.316. The van der Waals surface area contributed by atoms with Crippen molar-refractivity contribution in [1.82, 2.24) is 5.32 Å². The molecule has 0 aliphatic rings. The van der Waals surface area contributed by atoms with Crippen LogP contribution in [0.15, 0.2) is 27.1 Å². The monoisotopic (exact) mass is 375 g/mol. The number of rotatable bonds is 5. The molecule has 0 aliphatic carbocycles. The molecule has 3 heteroatoms.